The molecule has 1 aliphatic rings. The van der Waals surface area contributed by atoms with Crippen LogP contribution in [-0.4, -0.2) is 42.8 Å². The molecule has 5 nitrogen and oxygen atoms in total. The number of carbonyl (C=O) groups excluding carboxylic acids is 2. The third-order valence-electron chi connectivity index (χ3n) is 3.31. The Morgan fingerprint density at radius 3 is 2.33 bits per heavy atom. The topological polar surface area (TPSA) is 55.8 Å². The SMILES string of the molecule is CCOC(=O)C1CCCC1N(CC)C(=O)OCC. The molecule has 1 amide bonds. The second kappa shape index (κ2) is 7.24. The van der Waals surface area contributed by atoms with Crippen LogP contribution in [0.2, 0.25) is 0 Å². The summed E-state index contributed by atoms with van der Waals surface area (Å²) in [5.41, 5.74) is 0. The molecule has 0 aromatic rings. The molecule has 0 heterocycles. The molecule has 0 radical (unpaired) electrons. The number of carbonyl (C=O) groups is 2. The van der Waals surface area contributed by atoms with Gasteiger partial charge in [0, 0.05) is 12.6 Å². The van der Waals surface area contributed by atoms with E-state index in [0.717, 1.165) is 19.3 Å². The minimum Gasteiger partial charge on any atom is -0.466 e. The molecule has 1 fully saturated rings. The molecular formula is C13H23NO4. The number of esters is 1. The Labute approximate surface area is 108 Å². The molecule has 1 rings (SSSR count). The number of ether oxygens (including phenoxy) is 2. The third-order valence-corrected chi connectivity index (χ3v) is 3.31. The largest absolute Gasteiger partial charge is 0.466 e. The predicted octanol–water partition coefficient (Wildman–Crippen LogP) is 2.20. The van der Waals surface area contributed by atoms with E-state index in [2.05, 4.69) is 0 Å². The second-order valence-corrected chi connectivity index (χ2v) is 4.34. The fourth-order valence-electron chi connectivity index (χ4n) is 2.54. The van der Waals surface area contributed by atoms with Crippen LogP contribution in [0.25, 0.3) is 0 Å². The molecule has 0 N–H and O–H groups in total. The first kappa shape index (κ1) is 14.8. The van der Waals surface area contributed by atoms with Gasteiger partial charge in [-0.15, -0.1) is 0 Å². The van der Waals surface area contributed by atoms with Gasteiger partial charge < -0.3 is 14.4 Å². The molecule has 2 atom stereocenters. The molecule has 0 bridgehead atoms. The first-order valence-corrected chi connectivity index (χ1v) is 6.75. The number of amides is 1. The summed E-state index contributed by atoms with van der Waals surface area (Å²) in [6.45, 7) is 6.77. The summed E-state index contributed by atoms with van der Waals surface area (Å²) in [5, 5.41) is 0. The van der Waals surface area contributed by atoms with E-state index in [1.165, 1.54) is 0 Å². The molecule has 1 aliphatic carbocycles. The summed E-state index contributed by atoms with van der Waals surface area (Å²) < 4.78 is 10.1. The molecule has 2 unspecified atom stereocenters. The normalized spacial score (nSPS) is 22.6. The van der Waals surface area contributed by atoms with Gasteiger partial charge in [-0.05, 0) is 33.6 Å². The summed E-state index contributed by atoms with van der Waals surface area (Å²) in [6.07, 6.45) is 2.25. The minimum atomic E-state index is -0.332. The number of nitrogens with zero attached hydrogens (tertiary/aromatic N) is 1. The Bertz CT molecular complexity index is 293. The van der Waals surface area contributed by atoms with Crippen LogP contribution in [0.15, 0.2) is 0 Å². The lowest BCUT2D eigenvalue weighted by atomic mass is 10.0. The standard InChI is InChI=1S/C13H23NO4/c1-4-14(13(16)18-6-3)11-9-7-8-10(11)12(15)17-5-2/h10-11H,4-9H2,1-3H3. The van der Waals surface area contributed by atoms with Gasteiger partial charge in [-0.3, -0.25) is 4.79 Å². The quantitative estimate of drug-likeness (QED) is 0.708. The van der Waals surface area contributed by atoms with Gasteiger partial charge in [-0.2, -0.15) is 0 Å². The van der Waals surface area contributed by atoms with E-state index < -0.39 is 0 Å². The van der Waals surface area contributed by atoms with Crippen LogP contribution in [-0.2, 0) is 14.3 Å². The molecule has 0 spiro atoms. The number of hydrogen-bond acceptors (Lipinski definition) is 4. The van der Waals surface area contributed by atoms with Gasteiger partial charge in [0.25, 0.3) is 0 Å². The van der Waals surface area contributed by atoms with Crippen molar-refractivity contribution in [1.29, 1.82) is 0 Å². The summed E-state index contributed by atoms with van der Waals surface area (Å²) >= 11 is 0. The van der Waals surface area contributed by atoms with Crippen molar-refractivity contribution in [3.8, 4) is 0 Å². The lowest BCUT2D eigenvalue weighted by Crippen LogP contribution is -2.45. The lowest BCUT2D eigenvalue weighted by Gasteiger charge is -2.30. The maximum Gasteiger partial charge on any atom is 0.410 e. The maximum absolute atomic E-state index is 11.9. The fraction of sp³-hybridized carbons (Fsp3) is 0.846. The smallest absolute Gasteiger partial charge is 0.410 e. The van der Waals surface area contributed by atoms with Gasteiger partial charge >= 0.3 is 12.1 Å². The second-order valence-electron chi connectivity index (χ2n) is 4.34. The van der Waals surface area contributed by atoms with Crippen LogP contribution < -0.4 is 0 Å². The molecule has 0 saturated heterocycles. The van der Waals surface area contributed by atoms with Crippen molar-refractivity contribution >= 4 is 12.1 Å². The van der Waals surface area contributed by atoms with E-state index in [9.17, 15) is 9.59 Å². The van der Waals surface area contributed by atoms with Gasteiger partial charge in [0.1, 0.15) is 0 Å². The zero-order valence-corrected chi connectivity index (χ0v) is 11.5. The van der Waals surface area contributed by atoms with Gasteiger partial charge in [0.05, 0.1) is 19.1 Å². The van der Waals surface area contributed by atoms with Crippen LogP contribution in [0.3, 0.4) is 0 Å². The third kappa shape index (κ3) is 3.37. The van der Waals surface area contributed by atoms with Crippen molar-refractivity contribution in [3.63, 3.8) is 0 Å². The Balaban J connectivity index is 2.71. The minimum absolute atomic E-state index is 0.0758. The molecule has 0 aromatic carbocycles. The van der Waals surface area contributed by atoms with E-state index in [1.54, 1.807) is 18.7 Å². The van der Waals surface area contributed by atoms with Crippen LogP contribution in [0, 0.1) is 5.92 Å². The zero-order chi connectivity index (χ0) is 13.5. The van der Waals surface area contributed by atoms with Gasteiger partial charge in [0.2, 0.25) is 0 Å². The van der Waals surface area contributed by atoms with Crippen molar-refractivity contribution in [1.82, 2.24) is 4.90 Å². The Morgan fingerprint density at radius 2 is 1.78 bits per heavy atom. The lowest BCUT2D eigenvalue weighted by molar-refractivity contribution is -0.149. The highest BCUT2D eigenvalue weighted by molar-refractivity contribution is 5.75. The summed E-state index contributed by atoms with van der Waals surface area (Å²) in [5.74, 6) is -0.392. The molecule has 1 saturated carbocycles. The van der Waals surface area contributed by atoms with Gasteiger partial charge in [0.15, 0.2) is 0 Å². The fourth-order valence-corrected chi connectivity index (χ4v) is 2.54. The van der Waals surface area contributed by atoms with Crippen LogP contribution in [0.5, 0.6) is 0 Å². The molecular weight excluding hydrogens is 234 g/mol. The highest BCUT2D eigenvalue weighted by Crippen LogP contribution is 2.31. The van der Waals surface area contributed by atoms with E-state index in [4.69, 9.17) is 9.47 Å². The highest BCUT2D eigenvalue weighted by Gasteiger charge is 2.39. The van der Waals surface area contributed by atoms with E-state index in [0.29, 0.717) is 19.8 Å². The average Bonchev–Trinajstić information content (AvgIpc) is 2.80. The van der Waals surface area contributed by atoms with Crippen molar-refractivity contribution in [3.05, 3.63) is 0 Å². The highest BCUT2D eigenvalue weighted by atomic mass is 16.6. The first-order chi connectivity index (χ1) is 8.65. The Morgan fingerprint density at radius 1 is 1.11 bits per heavy atom. The van der Waals surface area contributed by atoms with Crippen molar-refractivity contribution < 1.29 is 19.1 Å². The van der Waals surface area contributed by atoms with Crippen molar-refractivity contribution in [2.75, 3.05) is 19.8 Å². The average molecular weight is 257 g/mol. The number of hydrogen-bond donors (Lipinski definition) is 0. The van der Waals surface area contributed by atoms with Crippen LogP contribution >= 0.6 is 0 Å². The Kier molecular flexibility index (Phi) is 5.95. The van der Waals surface area contributed by atoms with E-state index in [-0.39, 0.29) is 24.0 Å². The van der Waals surface area contributed by atoms with Crippen molar-refractivity contribution in [2.45, 2.75) is 46.1 Å². The summed E-state index contributed by atoms with van der Waals surface area (Å²) in [6, 6.07) is -0.0758. The number of rotatable bonds is 5. The van der Waals surface area contributed by atoms with E-state index >= 15 is 0 Å². The van der Waals surface area contributed by atoms with Crippen LogP contribution in [0.1, 0.15) is 40.0 Å². The maximum atomic E-state index is 11.9. The summed E-state index contributed by atoms with van der Waals surface area (Å²) in [7, 11) is 0. The van der Waals surface area contributed by atoms with Gasteiger partial charge in [-0.1, -0.05) is 6.42 Å². The molecule has 0 aromatic heterocycles. The predicted molar refractivity (Wildman–Crippen MR) is 67.2 cm³/mol. The Hall–Kier alpha value is -1.26. The van der Waals surface area contributed by atoms with E-state index in [1.807, 2.05) is 6.92 Å². The van der Waals surface area contributed by atoms with Gasteiger partial charge in [-0.25, -0.2) is 4.79 Å². The molecule has 0 aliphatic heterocycles. The molecule has 104 valence electrons. The molecule has 5 heteroatoms. The zero-order valence-electron chi connectivity index (χ0n) is 11.5. The monoisotopic (exact) mass is 257 g/mol. The van der Waals surface area contributed by atoms with Crippen molar-refractivity contribution in [2.24, 2.45) is 5.92 Å². The molecule has 18 heavy (non-hydrogen) atoms. The van der Waals surface area contributed by atoms with Crippen LogP contribution in [0.4, 0.5) is 4.79 Å². The first-order valence-electron chi connectivity index (χ1n) is 6.75. The summed E-state index contributed by atoms with van der Waals surface area (Å²) in [4.78, 5) is 25.3.